The van der Waals surface area contributed by atoms with Crippen LogP contribution >= 0.6 is 23.2 Å². The average Bonchev–Trinajstić information content (AvgIpc) is 2.33. The highest BCUT2D eigenvalue weighted by Gasteiger charge is 2.31. The third-order valence-electron chi connectivity index (χ3n) is 2.55. The van der Waals surface area contributed by atoms with Crippen LogP contribution < -0.4 is 5.56 Å². The van der Waals surface area contributed by atoms with Crippen LogP contribution in [0.5, 0.6) is 0 Å². The molecule has 2 aromatic heterocycles. The first kappa shape index (κ1) is 14.9. The number of hydrogen-bond acceptors (Lipinski definition) is 2. The molecule has 20 heavy (non-hydrogen) atoms. The molecule has 0 aromatic carbocycles. The molecule has 2 rings (SSSR count). The number of rotatable bonds is 2. The molecule has 0 bridgehead atoms. The number of alkyl halides is 3. The number of pyridine rings is 2. The zero-order valence-corrected chi connectivity index (χ0v) is 11.3. The Morgan fingerprint density at radius 3 is 2.55 bits per heavy atom. The zero-order valence-electron chi connectivity index (χ0n) is 9.79. The SMILES string of the molecule is O=c1ccc(C(F)(F)F)cn1Cc1cnc(Cl)cc1Cl. The van der Waals surface area contributed by atoms with Crippen LogP contribution in [-0.2, 0) is 12.7 Å². The summed E-state index contributed by atoms with van der Waals surface area (Å²) >= 11 is 11.5. The summed E-state index contributed by atoms with van der Waals surface area (Å²) in [6.45, 7) is -0.119. The minimum atomic E-state index is -4.52. The van der Waals surface area contributed by atoms with Gasteiger partial charge in [0.15, 0.2) is 0 Å². The van der Waals surface area contributed by atoms with Crippen molar-refractivity contribution in [1.29, 1.82) is 0 Å². The van der Waals surface area contributed by atoms with Gasteiger partial charge in [0.1, 0.15) is 5.15 Å². The van der Waals surface area contributed by atoms with E-state index in [2.05, 4.69) is 4.98 Å². The van der Waals surface area contributed by atoms with Crippen molar-refractivity contribution in [3.05, 3.63) is 62.2 Å². The maximum absolute atomic E-state index is 12.6. The molecule has 2 heterocycles. The van der Waals surface area contributed by atoms with E-state index in [1.165, 1.54) is 12.3 Å². The molecule has 0 aliphatic carbocycles. The average molecular weight is 323 g/mol. The lowest BCUT2D eigenvalue weighted by Gasteiger charge is -2.11. The molecule has 0 saturated carbocycles. The van der Waals surface area contributed by atoms with Gasteiger partial charge in [0.05, 0.1) is 17.1 Å². The smallest absolute Gasteiger partial charge is 0.310 e. The first-order chi connectivity index (χ1) is 9.27. The molecule has 0 fully saturated rings. The number of aromatic nitrogens is 2. The Balaban J connectivity index is 2.40. The van der Waals surface area contributed by atoms with Crippen LogP contribution in [0.15, 0.2) is 35.4 Å². The fourth-order valence-corrected chi connectivity index (χ4v) is 1.98. The van der Waals surface area contributed by atoms with Gasteiger partial charge in [0.25, 0.3) is 5.56 Å². The first-order valence-corrected chi connectivity index (χ1v) is 6.10. The maximum Gasteiger partial charge on any atom is 0.417 e. The molecule has 0 radical (unpaired) electrons. The standard InChI is InChI=1S/C12H7Cl2F3N2O/c13-9-3-10(14)18-4-7(9)5-19-6-8(12(15,16)17)1-2-11(19)20/h1-4,6H,5H2. The summed E-state index contributed by atoms with van der Waals surface area (Å²) in [7, 11) is 0. The molecular weight excluding hydrogens is 316 g/mol. The summed E-state index contributed by atoms with van der Waals surface area (Å²) in [5.74, 6) is 0. The van der Waals surface area contributed by atoms with Gasteiger partial charge in [-0.1, -0.05) is 23.2 Å². The quantitative estimate of drug-likeness (QED) is 0.791. The van der Waals surface area contributed by atoms with Crippen molar-refractivity contribution in [3.8, 4) is 0 Å². The van der Waals surface area contributed by atoms with E-state index in [9.17, 15) is 18.0 Å². The van der Waals surface area contributed by atoms with Gasteiger partial charge in [0.2, 0.25) is 0 Å². The molecule has 0 N–H and O–H groups in total. The summed E-state index contributed by atoms with van der Waals surface area (Å²) in [4.78, 5) is 15.4. The van der Waals surface area contributed by atoms with E-state index >= 15 is 0 Å². The molecule has 2 aromatic rings. The van der Waals surface area contributed by atoms with Crippen LogP contribution in [0.3, 0.4) is 0 Å². The second-order valence-electron chi connectivity index (χ2n) is 3.98. The Morgan fingerprint density at radius 1 is 1.25 bits per heavy atom. The lowest BCUT2D eigenvalue weighted by atomic mass is 10.2. The topological polar surface area (TPSA) is 34.9 Å². The van der Waals surface area contributed by atoms with E-state index in [4.69, 9.17) is 23.2 Å². The van der Waals surface area contributed by atoms with E-state index < -0.39 is 17.3 Å². The molecule has 0 unspecified atom stereocenters. The lowest BCUT2D eigenvalue weighted by Crippen LogP contribution is -2.22. The molecule has 0 atom stereocenters. The van der Waals surface area contributed by atoms with E-state index in [0.717, 1.165) is 22.9 Å². The second kappa shape index (κ2) is 5.46. The monoisotopic (exact) mass is 322 g/mol. The summed E-state index contributed by atoms with van der Waals surface area (Å²) in [5.41, 5.74) is -1.07. The molecule has 3 nitrogen and oxygen atoms in total. The van der Waals surface area contributed by atoms with Crippen molar-refractivity contribution in [2.75, 3.05) is 0 Å². The minimum absolute atomic E-state index is 0.119. The van der Waals surface area contributed by atoms with Gasteiger partial charge < -0.3 is 4.57 Å². The van der Waals surface area contributed by atoms with Crippen LogP contribution in [0, 0.1) is 0 Å². The van der Waals surface area contributed by atoms with Crippen LogP contribution in [0.4, 0.5) is 13.2 Å². The zero-order chi connectivity index (χ0) is 14.9. The second-order valence-corrected chi connectivity index (χ2v) is 4.77. The fraction of sp³-hybridized carbons (Fsp3) is 0.167. The Morgan fingerprint density at radius 2 is 1.95 bits per heavy atom. The highest BCUT2D eigenvalue weighted by atomic mass is 35.5. The van der Waals surface area contributed by atoms with Gasteiger partial charge >= 0.3 is 6.18 Å². The Labute approximate surface area is 121 Å². The van der Waals surface area contributed by atoms with Gasteiger partial charge in [-0.3, -0.25) is 4.79 Å². The normalized spacial score (nSPS) is 11.7. The van der Waals surface area contributed by atoms with Crippen molar-refractivity contribution in [2.45, 2.75) is 12.7 Å². The maximum atomic E-state index is 12.6. The van der Waals surface area contributed by atoms with Crippen LogP contribution in [0.1, 0.15) is 11.1 Å². The summed E-state index contributed by atoms with van der Waals surface area (Å²) in [6, 6.07) is 2.96. The Hall–Kier alpha value is -1.53. The van der Waals surface area contributed by atoms with Crippen LogP contribution in [0.25, 0.3) is 0 Å². The van der Waals surface area contributed by atoms with Gasteiger partial charge in [0, 0.05) is 24.0 Å². The largest absolute Gasteiger partial charge is 0.417 e. The van der Waals surface area contributed by atoms with Gasteiger partial charge in [-0.25, -0.2) is 4.98 Å². The predicted molar refractivity (Wildman–Crippen MR) is 69.1 cm³/mol. The molecule has 106 valence electrons. The minimum Gasteiger partial charge on any atom is -0.310 e. The predicted octanol–water partition coefficient (Wildman–Crippen LogP) is 3.62. The fourth-order valence-electron chi connectivity index (χ4n) is 1.56. The molecular formula is C12H7Cl2F3N2O. The van der Waals surface area contributed by atoms with E-state index in [1.54, 1.807) is 0 Å². The highest BCUT2D eigenvalue weighted by molar-refractivity contribution is 6.34. The van der Waals surface area contributed by atoms with Crippen molar-refractivity contribution in [1.82, 2.24) is 9.55 Å². The third-order valence-corrected chi connectivity index (χ3v) is 3.11. The van der Waals surface area contributed by atoms with Crippen LogP contribution in [-0.4, -0.2) is 9.55 Å². The third kappa shape index (κ3) is 3.32. The molecule has 0 saturated heterocycles. The molecule has 8 heteroatoms. The molecule has 0 aliphatic rings. The summed E-state index contributed by atoms with van der Waals surface area (Å²) in [6.07, 6.45) is -2.46. The lowest BCUT2D eigenvalue weighted by molar-refractivity contribution is -0.138. The Kier molecular flexibility index (Phi) is 4.06. The summed E-state index contributed by atoms with van der Waals surface area (Å²) < 4.78 is 38.7. The van der Waals surface area contributed by atoms with Crippen molar-refractivity contribution < 1.29 is 13.2 Å². The first-order valence-electron chi connectivity index (χ1n) is 5.35. The van der Waals surface area contributed by atoms with Gasteiger partial charge in [-0.05, 0) is 12.1 Å². The van der Waals surface area contributed by atoms with E-state index in [0.29, 0.717) is 5.56 Å². The van der Waals surface area contributed by atoms with Crippen LogP contribution in [0.2, 0.25) is 10.2 Å². The number of hydrogen-bond donors (Lipinski definition) is 0. The van der Waals surface area contributed by atoms with Gasteiger partial charge in [-0.15, -0.1) is 0 Å². The van der Waals surface area contributed by atoms with Crippen molar-refractivity contribution in [2.24, 2.45) is 0 Å². The van der Waals surface area contributed by atoms with Gasteiger partial charge in [-0.2, -0.15) is 13.2 Å². The number of nitrogens with zero attached hydrogens (tertiary/aromatic N) is 2. The van der Waals surface area contributed by atoms with E-state index in [-0.39, 0.29) is 16.7 Å². The van der Waals surface area contributed by atoms with E-state index in [1.807, 2.05) is 0 Å². The van der Waals surface area contributed by atoms with Crippen molar-refractivity contribution in [3.63, 3.8) is 0 Å². The summed E-state index contributed by atoms with van der Waals surface area (Å²) in [5, 5.41) is 0.393. The number of halogens is 5. The molecule has 0 spiro atoms. The molecule has 0 amide bonds. The van der Waals surface area contributed by atoms with Crippen molar-refractivity contribution >= 4 is 23.2 Å². The highest BCUT2D eigenvalue weighted by Crippen LogP contribution is 2.28. The Bertz CT molecular complexity index is 698. The molecule has 0 aliphatic heterocycles.